The fraction of sp³-hybridized carbons (Fsp3) is 0.462. The van der Waals surface area contributed by atoms with Crippen molar-refractivity contribution in [3.63, 3.8) is 0 Å². The molecule has 1 aromatic rings. The van der Waals surface area contributed by atoms with Crippen LogP contribution < -0.4 is 15.8 Å². The second-order valence-corrected chi connectivity index (χ2v) is 5.18. The molecule has 1 aromatic carbocycles. The summed E-state index contributed by atoms with van der Waals surface area (Å²) in [5, 5.41) is 3.47. The Labute approximate surface area is 111 Å². The van der Waals surface area contributed by atoms with Gasteiger partial charge in [0.1, 0.15) is 11.9 Å². The number of ether oxygens (including phenoxy) is 1. The summed E-state index contributed by atoms with van der Waals surface area (Å²) < 4.78 is 5.64. The van der Waals surface area contributed by atoms with Crippen molar-refractivity contribution in [2.45, 2.75) is 31.4 Å². The first-order valence-corrected chi connectivity index (χ1v) is 6.37. The highest BCUT2D eigenvalue weighted by Gasteiger charge is 2.45. The van der Waals surface area contributed by atoms with E-state index in [1.807, 2.05) is 6.92 Å². The first-order chi connectivity index (χ1) is 8.49. The van der Waals surface area contributed by atoms with Crippen molar-refractivity contribution in [2.24, 2.45) is 5.73 Å². The highest BCUT2D eigenvalue weighted by atomic mass is 35.5. The minimum atomic E-state index is -0.625. The topological polar surface area (TPSA) is 64.4 Å². The van der Waals surface area contributed by atoms with Gasteiger partial charge >= 0.3 is 0 Å². The van der Waals surface area contributed by atoms with Crippen LogP contribution in [-0.4, -0.2) is 24.1 Å². The number of nitrogens with one attached hydrogen (secondary N) is 1. The van der Waals surface area contributed by atoms with E-state index in [9.17, 15) is 4.79 Å². The predicted molar refractivity (Wildman–Crippen MR) is 70.7 cm³/mol. The number of rotatable bonds is 5. The summed E-state index contributed by atoms with van der Waals surface area (Å²) in [7, 11) is 0. The monoisotopic (exact) mass is 268 g/mol. The third-order valence-corrected chi connectivity index (χ3v) is 3.19. The Hall–Kier alpha value is -1.26. The maximum atomic E-state index is 11.6. The fourth-order valence-corrected chi connectivity index (χ4v) is 1.69. The molecule has 2 rings (SSSR count). The predicted octanol–water partition coefficient (Wildman–Crippen LogP) is 1.71. The summed E-state index contributed by atoms with van der Waals surface area (Å²) in [4.78, 5) is 11.6. The largest absolute Gasteiger partial charge is 0.489 e. The molecule has 1 atom stereocenters. The van der Waals surface area contributed by atoms with Crippen molar-refractivity contribution < 1.29 is 9.53 Å². The van der Waals surface area contributed by atoms with Gasteiger partial charge in [0.05, 0.1) is 12.1 Å². The van der Waals surface area contributed by atoms with Gasteiger partial charge in [-0.3, -0.25) is 4.79 Å². The zero-order chi connectivity index (χ0) is 13.2. The molecule has 0 aliphatic heterocycles. The molecule has 1 unspecified atom stereocenters. The molecule has 18 heavy (non-hydrogen) atoms. The Morgan fingerprint density at radius 1 is 1.50 bits per heavy atom. The molecule has 1 amide bonds. The van der Waals surface area contributed by atoms with Crippen LogP contribution in [0.5, 0.6) is 5.75 Å². The standard InChI is InChI=1S/C13H17ClN2O2/c1-9(8-16-12(17)13(15)6-7-13)18-11-4-2-10(14)3-5-11/h2-5,9H,6-8,15H2,1H3,(H,16,17). The number of hydrogen-bond acceptors (Lipinski definition) is 3. The summed E-state index contributed by atoms with van der Waals surface area (Å²) in [5.41, 5.74) is 5.15. The van der Waals surface area contributed by atoms with E-state index in [1.54, 1.807) is 24.3 Å². The highest BCUT2D eigenvalue weighted by molar-refractivity contribution is 6.30. The second-order valence-electron chi connectivity index (χ2n) is 4.75. The van der Waals surface area contributed by atoms with Gasteiger partial charge in [0.25, 0.3) is 0 Å². The average molecular weight is 269 g/mol. The Bertz CT molecular complexity index is 429. The Kier molecular flexibility index (Phi) is 3.78. The van der Waals surface area contributed by atoms with Crippen LogP contribution in [0, 0.1) is 0 Å². The molecule has 0 saturated heterocycles. The van der Waals surface area contributed by atoms with Gasteiger partial charge in [-0.15, -0.1) is 0 Å². The lowest BCUT2D eigenvalue weighted by Crippen LogP contribution is -2.45. The van der Waals surface area contributed by atoms with Gasteiger partial charge in [0.15, 0.2) is 0 Å². The molecule has 1 saturated carbocycles. The third kappa shape index (κ3) is 3.37. The molecular formula is C13H17ClN2O2. The molecule has 0 spiro atoms. The molecule has 0 heterocycles. The van der Waals surface area contributed by atoms with Crippen LogP contribution >= 0.6 is 11.6 Å². The Morgan fingerprint density at radius 2 is 2.11 bits per heavy atom. The molecule has 3 N–H and O–H groups in total. The minimum absolute atomic E-state index is 0.0888. The molecule has 4 nitrogen and oxygen atoms in total. The highest BCUT2D eigenvalue weighted by Crippen LogP contribution is 2.32. The Morgan fingerprint density at radius 3 is 2.67 bits per heavy atom. The zero-order valence-electron chi connectivity index (χ0n) is 10.3. The van der Waals surface area contributed by atoms with Crippen molar-refractivity contribution in [1.29, 1.82) is 0 Å². The van der Waals surface area contributed by atoms with Gasteiger partial charge in [-0.1, -0.05) is 11.6 Å². The number of halogens is 1. The molecule has 1 aliphatic carbocycles. The number of benzene rings is 1. The van der Waals surface area contributed by atoms with Crippen LogP contribution in [0.15, 0.2) is 24.3 Å². The number of hydrogen-bond donors (Lipinski definition) is 2. The van der Waals surface area contributed by atoms with Crippen LogP contribution in [0.1, 0.15) is 19.8 Å². The van der Waals surface area contributed by atoms with E-state index in [0.29, 0.717) is 11.6 Å². The molecule has 5 heteroatoms. The lowest BCUT2D eigenvalue weighted by Gasteiger charge is -2.17. The minimum Gasteiger partial charge on any atom is -0.489 e. The Balaban J connectivity index is 1.76. The summed E-state index contributed by atoms with van der Waals surface area (Å²) in [6, 6.07) is 7.13. The van der Waals surface area contributed by atoms with Gasteiger partial charge in [-0.05, 0) is 44.0 Å². The number of amides is 1. The smallest absolute Gasteiger partial charge is 0.240 e. The summed E-state index contributed by atoms with van der Waals surface area (Å²) in [6.07, 6.45) is 1.42. The maximum absolute atomic E-state index is 11.6. The second kappa shape index (κ2) is 5.16. The van der Waals surface area contributed by atoms with Crippen molar-refractivity contribution >= 4 is 17.5 Å². The molecule has 0 bridgehead atoms. The lowest BCUT2D eigenvalue weighted by molar-refractivity contribution is -0.123. The number of carbonyl (C=O) groups is 1. The molecule has 1 fully saturated rings. The van der Waals surface area contributed by atoms with Gasteiger partial charge in [0, 0.05) is 5.02 Å². The van der Waals surface area contributed by atoms with E-state index in [-0.39, 0.29) is 12.0 Å². The van der Waals surface area contributed by atoms with Gasteiger partial charge in [-0.2, -0.15) is 0 Å². The van der Waals surface area contributed by atoms with Crippen molar-refractivity contribution in [3.05, 3.63) is 29.3 Å². The quantitative estimate of drug-likeness (QED) is 0.855. The average Bonchev–Trinajstić information content (AvgIpc) is 3.09. The molecule has 98 valence electrons. The molecular weight excluding hydrogens is 252 g/mol. The fourth-order valence-electron chi connectivity index (χ4n) is 1.56. The number of nitrogens with two attached hydrogens (primary N) is 1. The molecule has 1 aliphatic rings. The third-order valence-electron chi connectivity index (χ3n) is 2.94. The lowest BCUT2D eigenvalue weighted by atomic mass is 10.2. The van der Waals surface area contributed by atoms with E-state index in [0.717, 1.165) is 18.6 Å². The summed E-state index contributed by atoms with van der Waals surface area (Å²) in [5.74, 6) is 0.643. The van der Waals surface area contributed by atoms with Crippen LogP contribution in [-0.2, 0) is 4.79 Å². The van der Waals surface area contributed by atoms with Crippen LogP contribution in [0.2, 0.25) is 5.02 Å². The summed E-state index contributed by atoms with van der Waals surface area (Å²) >= 11 is 5.78. The van der Waals surface area contributed by atoms with E-state index in [4.69, 9.17) is 22.1 Å². The molecule has 0 aromatic heterocycles. The van der Waals surface area contributed by atoms with Crippen molar-refractivity contribution in [1.82, 2.24) is 5.32 Å². The summed E-state index contributed by atoms with van der Waals surface area (Å²) in [6.45, 7) is 2.34. The van der Waals surface area contributed by atoms with Crippen molar-refractivity contribution in [2.75, 3.05) is 6.54 Å². The van der Waals surface area contributed by atoms with Crippen LogP contribution in [0.3, 0.4) is 0 Å². The van der Waals surface area contributed by atoms with Crippen molar-refractivity contribution in [3.8, 4) is 5.75 Å². The first-order valence-electron chi connectivity index (χ1n) is 5.99. The van der Waals surface area contributed by atoms with Crippen LogP contribution in [0.25, 0.3) is 0 Å². The van der Waals surface area contributed by atoms with Gasteiger partial charge < -0.3 is 15.8 Å². The zero-order valence-corrected chi connectivity index (χ0v) is 11.0. The van der Waals surface area contributed by atoms with E-state index in [2.05, 4.69) is 5.32 Å². The van der Waals surface area contributed by atoms with Gasteiger partial charge in [0.2, 0.25) is 5.91 Å². The molecule has 0 radical (unpaired) electrons. The van der Waals surface area contributed by atoms with Gasteiger partial charge in [-0.25, -0.2) is 0 Å². The SMILES string of the molecule is CC(CNC(=O)C1(N)CC1)Oc1ccc(Cl)cc1. The number of carbonyl (C=O) groups excluding carboxylic acids is 1. The van der Waals surface area contributed by atoms with Crippen LogP contribution in [0.4, 0.5) is 0 Å². The normalized spacial score (nSPS) is 17.9. The first kappa shape index (κ1) is 13.2. The van der Waals surface area contributed by atoms with E-state index >= 15 is 0 Å². The van der Waals surface area contributed by atoms with E-state index in [1.165, 1.54) is 0 Å². The maximum Gasteiger partial charge on any atom is 0.240 e. The van der Waals surface area contributed by atoms with E-state index < -0.39 is 5.54 Å².